The molecule has 1 aromatic carbocycles. The van der Waals surface area contributed by atoms with Crippen LogP contribution in [0.1, 0.15) is 24.4 Å². The predicted molar refractivity (Wildman–Crippen MR) is 113 cm³/mol. The quantitative estimate of drug-likeness (QED) is 0.269. The number of nitrogens with one attached hydrogen (secondary N) is 2. The molecule has 0 saturated carbocycles. The molecule has 0 radical (unpaired) electrons. The fraction of sp³-hybridized carbons (Fsp3) is 0.611. The minimum Gasteiger partial charge on any atom is -0.496 e. The van der Waals surface area contributed by atoms with Crippen LogP contribution in [0.3, 0.4) is 0 Å². The highest BCUT2D eigenvalue weighted by atomic mass is 127. The number of nitrogens with zero attached hydrogens (tertiary/aromatic N) is 2. The van der Waals surface area contributed by atoms with Crippen molar-refractivity contribution < 1.29 is 9.47 Å². The van der Waals surface area contributed by atoms with Gasteiger partial charge in [0, 0.05) is 32.8 Å². The third kappa shape index (κ3) is 6.63. The molecule has 2 N–H and O–H groups in total. The molecular formula is C18H31IN4O2. The highest BCUT2D eigenvalue weighted by molar-refractivity contribution is 14.0. The minimum atomic E-state index is 0. The van der Waals surface area contributed by atoms with Gasteiger partial charge in [0.25, 0.3) is 0 Å². The average Bonchev–Trinajstić information content (AvgIpc) is 3.15. The largest absolute Gasteiger partial charge is 0.496 e. The molecular weight excluding hydrogens is 431 g/mol. The molecule has 1 atom stereocenters. The second-order valence-electron chi connectivity index (χ2n) is 5.87. The summed E-state index contributed by atoms with van der Waals surface area (Å²) >= 11 is 0. The van der Waals surface area contributed by atoms with Crippen LogP contribution in [0.15, 0.2) is 29.3 Å². The lowest BCUT2D eigenvalue weighted by Gasteiger charge is -2.30. The summed E-state index contributed by atoms with van der Waals surface area (Å²) in [5.74, 6) is 1.74. The van der Waals surface area contributed by atoms with E-state index < -0.39 is 0 Å². The summed E-state index contributed by atoms with van der Waals surface area (Å²) in [6.45, 7) is 4.43. The molecule has 25 heavy (non-hydrogen) atoms. The molecule has 1 heterocycles. The molecule has 0 aromatic heterocycles. The van der Waals surface area contributed by atoms with Gasteiger partial charge in [0.05, 0.1) is 19.8 Å². The number of halogens is 1. The summed E-state index contributed by atoms with van der Waals surface area (Å²) in [4.78, 5) is 6.80. The molecule has 1 fully saturated rings. The van der Waals surface area contributed by atoms with Crippen molar-refractivity contribution >= 4 is 29.9 Å². The summed E-state index contributed by atoms with van der Waals surface area (Å²) in [5.41, 5.74) is 1.22. The van der Waals surface area contributed by atoms with E-state index in [-0.39, 0.29) is 30.0 Å². The van der Waals surface area contributed by atoms with Gasteiger partial charge in [0.2, 0.25) is 0 Å². The van der Waals surface area contributed by atoms with Crippen LogP contribution >= 0.6 is 24.0 Å². The molecule has 2 rings (SSSR count). The molecule has 1 aliphatic rings. The SMILES string of the molecule is CN=C(NCCOC)NCC(c1ccccc1OC)N1CCCC1.I. The number of hydrogen-bond donors (Lipinski definition) is 2. The van der Waals surface area contributed by atoms with Crippen LogP contribution in [0, 0.1) is 0 Å². The van der Waals surface area contributed by atoms with E-state index in [0.29, 0.717) is 6.61 Å². The van der Waals surface area contributed by atoms with Crippen LogP contribution < -0.4 is 15.4 Å². The zero-order valence-electron chi connectivity index (χ0n) is 15.5. The Morgan fingerprint density at radius 3 is 2.56 bits per heavy atom. The summed E-state index contributed by atoms with van der Waals surface area (Å²) in [5, 5.41) is 6.70. The third-order valence-corrected chi connectivity index (χ3v) is 4.36. The summed E-state index contributed by atoms with van der Waals surface area (Å²) in [6.07, 6.45) is 2.51. The molecule has 0 bridgehead atoms. The van der Waals surface area contributed by atoms with Gasteiger partial charge < -0.3 is 20.1 Å². The molecule has 1 aromatic rings. The first kappa shape index (κ1) is 22.0. The number of benzene rings is 1. The number of hydrogen-bond acceptors (Lipinski definition) is 4. The first-order valence-corrected chi connectivity index (χ1v) is 8.60. The number of likely N-dealkylation sites (tertiary alicyclic amines) is 1. The Balaban J connectivity index is 0.00000312. The average molecular weight is 462 g/mol. The maximum absolute atomic E-state index is 5.58. The van der Waals surface area contributed by atoms with Gasteiger partial charge in [0.1, 0.15) is 5.75 Å². The fourth-order valence-corrected chi connectivity index (χ4v) is 3.12. The molecule has 142 valence electrons. The molecule has 7 heteroatoms. The van der Waals surface area contributed by atoms with Crippen molar-refractivity contribution in [1.29, 1.82) is 0 Å². The second-order valence-corrected chi connectivity index (χ2v) is 5.87. The number of ether oxygens (including phenoxy) is 2. The predicted octanol–water partition coefficient (Wildman–Crippen LogP) is 2.26. The number of para-hydroxylation sites is 1. The molecule has 6 nitrogen and oxygen atoms in total. The van der Waals surface area contributed by atoms with Crippen molar-refractivity contribution in [3.8, 4) is 5.75 Å². The Morgan fingerprint density at radius 2 is 1.92 bits per heavy atom. The lowest BCUT2D eigenvalue weighted by molar-refractivity contribution is 0.203. The van der Waals surface area contributed by atoms with Gasteiger partial charge in [-0.1, -0.05) is 18.2 Å². The molecule has 1 aliphatic heterocycles. The van der Waals surface area contributed by atoms with Gasteiger partial charge in [0.15, 0.2) is 5.96 Å². The van der Waals surface area contributed by atoms with Gasteiger partial charge in [-0.25, -0.2) is 0 Å². The Kier molecular flexibility index (Phi) is 10.8. The lowest BCUT2D eigenvalue weighted by Crippen LogP contribution is -2.43. The van der Waals surface area contributed by atoms with Crippen molar-refractivity contribution in [3.05, 3.63) is 29.8 Å². The van der Waals surface area contributed by atoms with E-state index in [0.717, 1.165) is 37.9 Å². The van der Waals surface area contributed by atoms with Crippen molar-refractivity contribution in [1.82, 2.24) is 15.5 Å². The highest BCUT2D eigenvalue weighted by Crippen LogP contribution is 2.31. The van der Waals surface area contributed by atoms with Crippen molar-refractivity contribution in [2.75, 3.05) is 54.1 Å². The van der Waals surface area contributed by atoms with Gasteiger partial charge in [-0.3, -0.25) is 9.89 Å². The third-order valence-electron chi connectivity index (χ3n) is 4.36. The highest BCUT2D eigenvalue weighted by Gasteiger charge is 2.25. The number of aliphatic imine (C=N–C) groups is 1. The second kappa shape index (κ2) is 12.3. The monoisotopic (exact) mass is 462 g/mol. The number of rotatable bonds is 8. The molecule has 0 aliphatic carbocycles. The number of methoxy groups -OCH3 is 2. The van der Waals surface area contributed by atoms with E-state index >= 15 is 0 Å². The van der Waals surface area contributed by atoms with Crippen LogP contribution in [0.2, 0.25) is 0 Å². The molecule has 0 amide bonds. The van der Waals surface area contributed by atoms with E-state index in [4.69, 9.17) is 9.47 Å². The van der Waals surface area contributed by atoms with E-state index in [1.807, 2.05) is 12.1 Å². The van der Waals surface area contributed by atoms with Crippen molar-refractivity contribution in [3.63, 3.8) is 0 Å². The maximum atomic E-state index is 5.58. The van der Waals surface area contributed by atoms with Crippen molar-refractivity contribution in [2.45, 2.75) is 18.9 Å². The maximum Gasteiger partial charge on any atom is 0.191 e. The standard InChI is InChI=1S/C18H30N4O2.HI/c1-19-18(20-10-13-23-2)21-14-16(22-11-6-7-12-22)15-8-4-5-9-17(15)24-3;/h4-5,8-9,16H,6-7,10-14H2,1-3H3,(H2,19,20,21);1H. The fourth-order valence-electron chi connectivity index (χ4n) is 3.12. The molecule has 0 spiro atoms. The zero-order chi connectivity index (χ0) is 17.2. The van der Waals surface area contributed by atoms with E-state index in [2.05, 4.69) is 32.7 Å². The van der Waals surface area contributed by atoms with Gasteiger partial charge in [-0.05, 0) is 32.0 Å². The lowest BCUT2D eigenvalue weighted by atomic mass is 10.0. The molecule has 1 saturated heterocycles. The Labute approximate surface area is 168 Å². The van der Waals surface area contributed by atoms with Gasteiger partial charge in [-0.15, -0.1) is 24.0 Å². The van der Waals surface area contributed by atoms with Crippen LogP contribution in [-0.4, -0.2) is 64.9 Å². The van der Waals surface area contributed by atoms with Crippen LogP contribution in [0.25, 0.3) is 0 Å². The molecule has 1 unspecified atom stereocenters. The summed E-state index contributed by atoms with van der Waals surface area (Å²) in [7, 11) is 5.22. The first-order chi connectivity index (χ1) is 11.8. The van der Waals surface area contributed by atoms with Gasteiger partial charge in [-0.2, -0.15) is 0 Å². The van der Waals surface area contributed by atoms with E-state index in [1.54, 1.807) is 21.3 Å². The first-order valence-electron chi connectivity index (χ1n) is 8.60. The Bertz CT molecular complexity index is 522. The minimum absolute atomic E-state index is 0. The smallest absolute Gasteiger partial charge is 0.191 e. The van der Waals surface area contributed by atoms with E-state index in [1.165, 1.54) is 18.4 Å². The van der Waals surface area contributed by atoms with Crippen LogP contribution in [0.4, 0.5) is 0 Å². The summed E-state index contributed by atoms with van der Waals surface area (Å²) < 4.78 is 10.7. The normalized spacial score (nSPS) is 16.2. The van der Waals surface area contributed by atoms with Crippen molar-refractivity contribution in [2.24, 2.45) is 4.99 Å². The van der Waals surface area contributed by atoms with Crippen LogP contribution in [0.5, 0.6) is 5.75 Å². The number of guanidine groups is 1. The zero-order valence-corrected chi connectivity index (χ0v) is 17.8. The Morgan fingerprint density at radius 1 is 1.20 bits per heavy atom. The topological polar surface area (TPSA) is 58.1 Å². The summed E-state index contributed by atoms with van der Waals surface area (Å²) in [6, 6.07) is 8.55. The van der Waals surface area contributed by atoms with Crippen LogP contribution in [-0.2, 0) is 4.74 Å². The van der Waals surface area contributed by atoms with Gasteiger partial charge >= 0.3 is 0 Å². The van der Waals surface area contributed by atoms with E-state index in [9.17, 15) is 0 Å². The Hall–Kier alpha value is -1.06.